The number of aromatic nitrogens is 1. The molecule has 2 aromatic carbocycles. The van der Waals surface area contributed by atoms with Crippen molar-refractivity contribution in [1.82, 2.24) is 4.98 Å². The number of pyridine rings is 1. The third-order valence-corrected chi connectivity index (χ3v) is 4.43. The van der Waals surface area contributed by atoms with E-state index in [9.17, 15) is 9.59 Å². The van der Waals surface area contributed by atoms with Crippen LogP contribution in [0.25, 0.3) is 10.9 Å². The number of nitrogens with zero attached hydrogens (tertiary/aromatic N) is 1. The van der Waals surface area contributed by atoms with Crippen molar-refractivity contribution in [3.8, 4) is 5.75 Å². The van der Waals surface area contributed by atoms with Crippen molar-refractivity contribution in [1.29, 1.82) is 0 Å². The van der Waals surface area contributed by atoms with Gasteiger partial charge in [-0.05, 0) is 44.2 Å². The maximum atomic E-state index is 12.6. The summed E-state index contributed by atoms with van der Waals surface area (Å²) in [6.07, 6.45) is -0.999. The number of esters is 1. The summed E-state index contributed by atoms with van der Waals surface area (Å²) in [5.74, 6) is -0.555. The van der Waals surface area contributed by atoms with E-state index < -0.39 is 18.0 Å². The van der Waals surface area contributed by atoms with Crippen LogP contribution in [0, 0.1) is 6.92 Å². The first kappa shape index (κ1) is 19.6. The number of anilines is 1. The summed E-state index contributed by atoms with van der Waals surface area (Å²) in [5.41, 5.74) is 2.23. The number of nitrogens with one attached hydrogen (secondary N) is 1. The summed E-state index contributed by atoms with van der Waals surface area (Å²) >= 11 is 6.06. The van der Waals surface area contributed by atoms with Crippen LogP contribution >= 0.6 is 11.6 Å². The minimum Gasteiger partial charge on any atom is -0.495 e. The van der Waals surface area contributed by atoms with E-state index in [-0.39, 0.29) is 0 Å². The lowest BCUT2D eigenvalue weighted by atomic mass is 10.1. The van der Waals surface area contributed by atoms with E-state index in [2.05, 4.69) is 10.3 Å². The normalized spacial score (nSPS) is 11.7. The number of rotatable bonds is 5. The maximum absolute atomic E-state index is 12.6. The van der Waals surface area contributed by atoms with Gasteiger partial charge < -0.3 is 14.8 Å². The SMILES string of the molecule is COc1ccc(NC(=O)[C@@H](C)OC(=O)c2cc(C)nc3ccccc23)cc1Cl. The first-order valence-electron chi connectivity index (χ1n) is 8.61. The second-order valence-corrected chi connectivity index (χ2v) is 6.62. The van der Waals surface area contributed by atoms with Gasteiger partial charge >= 0.3 is 5.97 Å². The standard InChI is InChI=1S/C21H19ClN2O4/c1-12-10-16(15-6-4-5-7-18(15)23-12)21(26)28-13(2)20(25)24-14-8-9-19(27-3)17(22)11-14/h4-11,13H,1-3H3,(H,24,25)/t13-/m1/s1. The van der Waals surface area contributed by atoms with Crippen molar-refractivity contribution in [2.45, 2.75) is 20.0 Å². The van der Waals surface area contributed by atoms with E-state index in [1.54, 1.807) is 37.3 Å². The number of carbonyl (C=O) groups is 2. The van der Waals surface area contributed by atoms with Crippen LogP contribution in [0.15, 0.2) is 48.5 Å². The van der Waals surface area contributed by atoms with E-state index in [0.29, 0.717) is 38.6 Å². The monoisotopic (exact) mass is 398 g/mol. The van der Waals surface area contributed by atoms with Gasteiger partial charge in [-0.25, -0.2) is 4.79 Å². The van der Waals surface area contributed by atoms with Crippen LogP contribution in [-0.2, 0) is 9.53 Å². The number of fused-ring (bicyclic) bond motifs is 1. The van der Waals surface area contributed by atoms with Gasteiger partial charge in [-0.2, -0.15) is 0 Å². The third-order valence-electron chi connectivity index (χ3n) is 4.14. The molecule has 3 rings (SSSR count). The lowest BCUT2D eigenvalue weighted by Gasteiger charge is -2.15. The predicted octanol–water partition coefficient (Wildman–Crippen LogP) is 4.39. The fraction of sp³-hybridized carbons (Fsp3) is 0.190. The molecule has 144 valence electrons. The molecule has 1 amide bonds. The zero-order valence-corrected chi connectivity index (χ0v) is 16.4. The van der Waals surface area contributed by atoms with Crippen LogP contribution in [-0.4, -0.2) is 30.1 Å². The number of para-hydroxylation sites is 1. The lowest BCUT2D eigenvalue weighted by Crippen LogP contribution is -2.30. The molecule has 28 heavy (non-hydrogen) atoms. The Labute approximate surface area is 167 Å². The van der Waals surface area contributed by atoms with E-state index in [0.717, 1.165) is 0 Å². The fourth-order valence-electron chi connectivity index (χ4n) is 2.74. The number of carbonyl (C=O) groups excluding carboxylic acids is 2. The summed E-state index contributed by atoms with van der Waals surface area (Å²) in [6, 6.07) is 13.8. The molecule has 6 nitrogen and oxygen atoms in total. The Bertz CT molecular complexity index is 1050. The van der Waals surface area contributed by atoms with Crippen molar-refractivity contribution in [2.24, 2.45) is 0 Å². The number of halogens is 1. The van der Waals surface area contributed by atoms with Gasteiger partial charge in [0.25, 0.3) is 5.91 Å². The van der Waals surface area contributed by atoms with Crippen LogP contribution in [0.3, 0.4) is 0 Å². The number of aryl methyl sites for hydroxylation is 1. The molecule has 0 aliphatic rings. The Kier molecular flexibility index (Phi) is 5.80. The molecule has 0 unspecified atom stereocenters. The second-order valence-electron chi connectivity index (χ2n) is 6.21. The van der Waals surface area contributed by atoms with Crippen molar-refractivity contribution >= 4 is 40.1 Å². The maximum Gasteiger partial charge on any atom is 0.339 e. The van der Waals surface area contributed by atoms with Crippen molar-refractivity contribution in [3.05, 3.63) is 64.8 Å². The Morgan fingerprint density at radius 1 is 1.14 bits per heavy atom. The van der Waals surface area contributed by atoms with Gasteiger partial charge in [0.05, 0.1) is 23.2 Å². The molecular weight excluding hydrogens is 380 g/mol. The first-order valence-corrected chi connectivity index (χ1v) is 8.98. The summed E-state index contributed by atoms with van der Waals surface area (Å²) in [4.78, 5) is 29.5. The van der Waals surface area contributed by atoms with E-state index in [4.69, 9.17) is 21.1 Å². The van der Waals surface area contributed by atoms with E-state index in [1.807, 2.05) is 18.2 Å². The molecule has 0 fully saturated rings. The number of benzene rings is 2. The minimum atomic E-state index is -0.999. The van der Waals surface area contributed by atoms with Gasteiger partial charge in [0.15, 0.2) is 6.10 Å². The molecule has 0 aliphatic carbocycles. The fourth-order valence-corrected chi connectivity index (χ4v) is 3.00. The topological polar surface area (TPSA) is 77.5 Å². The number of methoxy groups -OCH3 is 1. The molecule has 0 saturated carbocycles. The van der Waals surface area contributed by atoms with Crippen LogP contribution in [0.2, 0.25) is 5.02 Å². The zero-order chi connectivity index (χ0) is 20.3. The molecular formula is C21H19ClN2O4. The summed E-state index contributed by atoms with van der Waals surface area (Å²) in [7, 11) is 1.51. The van der Waals surface area contributed by atoms with E-state index in [1.165, 1.54) is 14.0 Å². The van der Waals surface area contributed by atoms with Gasteiger partial charge in [-0.3, -0.25) is 9.78 Å². The largest absolute Gasteiger partial charge is 0.495 e. The molecule has 0 saturated heterocycles. The van der Waals surface area contributed by atoms with Crippen LogP contribution in [0.5, 0.6) is 5.75 Å². The molecule has 1 aromatic heterocycles. The molecule has 1 heterocycles. The summed E-state index contributed by atoms with van der Waals surface area (Å²) in [5, 5.41) is 3.71. The number of amides is 1. The number of hydrogen-bond acceptors (Lipinski definition) is 5. The highest BCUT2D eigenvalue weighted by molar-refractivity contribution is 6.32. The Hall–Kier alpha value is -3.12. The average Bonchev–Trinajstić information content (AvgIpc) is 2.67. The van der Waals surface area contributed by atoms with Gasteiger partial charge in [-0.1, -0.05) is 29.8 Å². The summed E-state index contributed by atoms with van der Waals surface area (Å²) in [6.45, 7) is 3.31. The predicted molar refractivity (Wildman–Crippen MR) is 108 cm³/mol. The molecule has 0 spiro atoms. The van der Waals surface area contributed by atoms with Gasteiger partial charge in [0.2, 0.25) is 0 Å². The van der Waals surface area contributed by atoms with Crippen molar-refractivity contribution < 1.29 is 19.1 Å². The van der Waals surface area contributed by atoms with Crippen LogP contribution < -0.4 is 10.1 Å². The first-order chi connectivity index (χ1) is 13.4. The molecule has 1 N–H and O–H groups in total. The number of ether oxygens (including phenoxy) is 2. The van der Waals surface area contributed by atoms with Crippen molar-refractivity contribution in [2.75, 3.05) is 12.4 Å². The van der Waals surface area contributed by atoms with E-state index >= 15 is 0 Å². The quantitative estimate of drug-likeness (QED) is 0.645. The molecule has 0 radical (unpaired) electrons. The molecule has 7 heteroatoms. The van der Waals surface area contributed by atoms with Crippen LogP contribution in [0.4, 0.5) is 5.69 Å². The third kappa shape index (κ3) is 4.23. The average molecular weight is 399 g/mol. The second kappa shape index (κ2) is 8.27. The highest BCUT2D eigenvalue weighted by Gasteiger charge is 2.21. The Morgan fingerprint density at radius 2 is 1.89 bits per heavy atom. The Morgan fingerprint density at radius 3 is 2.61 bits per heavy atom. The van der Waals surface area contributed by atoms with Crippen LogP contribution in [0.1, 0.15) is 23.0 Å². The number of hydrogen-bond donors (Lipinski definition) is 1. The van der Waals surface area contributed by atoms with Gasteiger partial charge in [-0.15, -0.1) is 0 Å². The summed E-state index contributed by atoms with van der Waals surface area (Å²) < 4.78 is 10.5. The minimum absolute atomic E-state index is 0.365. The van der Waals surface area contributed by atoms with Gasteiger partial charge in [0.1, 0.15) is 5.75 Å². The smallest absolute Gasteiger partial charge is 0.339 e. The van der Waals surface area contributed by atoms with Crippen molar-refractivity contribution in [3.63, 3.8) is 0 Å². The molecule has 1 atom stereocenters. The van der Waals surface area contributed by atoms with Gasteiger partial charge in [0, 0.05) is 16.8 Å². The molecule has 0 bridgehead atoms. The highest BCUT2D eigenvalue weighted by Crippen LogP contribution is 2.27. The molecule has 3 aromatic rings. The highest BCUT2D eigenvalue weighted by atomic mass is 35.5. The Balaban J connectivity index is 1.74. The zero-order valence-electron chi connectivity index (χ0n) is 15.7. The molecule has 0 aliphatic heterocycles. The lowest BCUT2D eigenvalue weighted by molar-refractivity contribution is -0.123.